The third kappa shape index (κ3) is 6.57. The average molecular weight is 612 g/mol. The Kier molecular flexibility index (Phi) is 8.22. The number of piperazine rings is 1. The summed E-state index contributed by atoms with van der Waals surface area (Å²) in [6.07, 6.45) is -8.87. The lowest BCUT2D eigenvalue weighted by molar-refractivity contribution is -0.895. The molecule has 1 fully saturated rings. The highest BCUT2D eigenvalue weighted by Crippen LogP contribution is 2.41. The molecule has 1 amide bonds. The van der Waals surface area contributed by atoms with E-state index in [0.29, 0.717) is 42.2 Å². The Morgan fingerprint density at radius 1 is 0.930 bits per heavy atom. The summed E-state index contributed by atoms with van der Waals surface area (Å²) in [5.74, 6) is -0.450. The molecule has 1 aliphatic heterocycles. The zero-order valence-electron chi connectivity index (χ0n) is 24.3. The van der Waals surface area contributed by atoms with Crippen LogP contribution in [0.3, 0.4) is 0 Å². The minimum absolute atomic E-state index is 0.0202. The van der Waals surface area contributed by atoms with E-state index in [-0.39, 0.29) is 24.8 Å². The zero-order chi connectivity index (χ0) is 32.1. The van der Waals surface area contributed by atoms with Crippen LogP contribution in [-0.2, 0) is 22.6 Å². The van der Waals surface area contributed by atoms with Gasteiger partial charge in [-0.15, -0.1) is 0 Å². The van der Waals surface area contributed by atoms with Gasteiger partial charge in [-0.2, -0.15) is 26.3 Å². The molecular weight excluding hydrogens is 578 g/mol. The van der Waals surface area contributed by atoms with Crippen LogP contribution in [0.1, 0.15) is 36.1 Å². The first-order valence-corrected chi connectivity index (χ1v) is 13.5. The Labute approximate surface area is 245 Å². The van der Waals surface area contributed by atoms with Crippen molar-refractivity contribution in [1.29, 1.82) is 0 Å². The molecule has 3 aromatic rings. The van der Waals surface area contributed by atoms with Gasteiger partial charge in [0.1, 0.15) is 26.2 Å². The van der Waals surface area contributed by atoms with Gasteiger partial charge in [-0.05, 0) is 55.7 Å². The molecule has 1 saturated heterocycles. The summed E-state index contributed by atoms with van der Waals surface area (Å²) >= 11 is 0. The summed E-state index contributed by atoms with van der Waals surface area (Å²) in [5, 5.41) is 23.4. The van der Waals surface area contributed by atoms with Gasteiger partial charge in [-0.1, -0.05) is 29.0 Å². The molecule has 2 aromatic carbocycles. The molecule has 0 unspecified atom stereocenters. The Morgan fingerprint density at radius 2 is 1.44 bits per heavy atom. The summed E-state index contributed by atoms with van der Waals surface area (Å²) in [6.45, 7) is 5.62. The molecule has 232 valence electrons. The van der Waals surface area contributed by atoms with Crippen LogP contribution in [-0.4, -0.2) is 56.0 Å². The van der Waals surface area contributed by atoms with Crippen LogP contribution < -0.4 is 14.5 Å². The van der Waals surface area contributed by atoms with E-state index in [0.717, 1.165) is 15.2 Å². The number of aryl methyl sites for hydroxylation is 1. The molecule has 43 heavy (non-hydrogen) atoms. The van der Waals surface area contributed by atoms with Gasteiger partial charge in [0.05, 0.1) is 29.3 Å². The van der Waals surface area contributed by atoms with Gasteiger partial charge in [-0.25, -0.2) is 4.90 Å². The summed E-state index contributed by atoms with van der Waals surface area (Å²) < 4.78 is 81.9. The van der Waals surface area contributed by atoms with E-state index in [9.17, 15) is 41.6 Å². The lowest BCUT2D eigenvalue weighted by atomic mass is 9.81. The molecule has 0 atom stereocenters. The first kappa shape index (κ1) is 32.1. The van der Waals surface area contributed by atoms with E-state index in [1.54, 1.807) is 25.2 Å². The van der Waals surface area contributed by atoms with Crippen molar-refractivity contribution < 1.29 is 45.7 Å². The lowest BCUT2D eigenvalue weighted by Crippen LogP contribution is -2.56. The number of pyridine rings is 1. The van der Waals surface area contributed by atoms with Crippen LogP contribution in [0.15, 0.2) is 54.7 Å². The zero-order valence-corrected chi connectivity index (χ0v) is 24.3. The topological polar surface area (TPSA) is 70.7 Å². The fourth-order valence-corrected chi connectivity index (χ4v) is 5.20. The fraction of sp³-hybridized carbons (Fsp3) is 0.400. The highest BCUT2D eigenvalue weighted by molar-refractivity contribution is 6.03. The van der Waals surface area contributed by atoms with Crippen molar-refractivity contribution in [3.8, 4) is 11.1 Å². The smallest absolute Gasteiger partial charge is 0.416 e. The largest absolute Gasteiger partial charge is 0.633 e. The number of hydrogen-bond acceptors (Lipinski definition) is 4. The molecule has 0 spiro atoms. The lowest BCUT2D eigenvalue weighted by Gasteiger charge is -2.42. The van der Waals surface area contributed by atoms with Crippen molar-refractivity contribution in [3.63, 3.8) is 0 Å². The van der Waals surface area contributed by atoms with Gasteiger partial charge in [0.2, 0.25) is 5.91 Å². The van der Waals surface area contributed by atoms with E-state index < -0.39 is 45.0 Å². The first-order valence-electron chi connectivity index (χ1n) is 13.5. The van der Waals surface area contributed by atoms with Crippen molar-refractivity contribution in [3.05, 3.63) is 82.2 Å². The van der Waals surface area contributed by atoms with Gasteiger partial charge >= 0.3 is 18.2 Å². The number of carbonyl (C=O) groups is 1. The summed E-state index contributed by atoms with van der Waals surface area (Å²) in [4.78, 5) is 16.9. The average Bonchev–Trinajstić information content (AvgIpc) is 2.91. The maximum absolute atomic E-state index is 14.0. The van der Waals surface area contributed by atoms with E-state index in [4.69, 9.17) is 0 Å². The number of quaternary nitrogens is 1. The van der Waals surface area contributed by atoms with Crippen LogP contribution in [0.5, 0.6) is 0 Å². The Balaban J connectivity index is 1.83. The molecule has 1 aromatic heterocycles. The molecule has 7 nitrogen and oxygen atoms in total. The number of amides is 1. The van der Waals surface area contributed by atoms with Crippen LogP contribution >= 0.6 is 0 Å². The number of nitrogens with zero attached hydrogens (tertiary/aromatic N) is 4. The minimum atomic E-state index is -5.08. The number of likely N-dealkylation sites (N-methyl/N-ethyl adjacent to an activating group) is 2. The molecule has 1 N–H and O–H groups in total. The molecule has 13 heteroatoms. The number of anilines is 2. The summed E-state index contributed by atoms with van der Waals surface area (Å²) in [7, 11) is 2.91. The second-order valence-electron chi connectivity index (χ2n) is 11.6. The third-order valence-corrected chi connectivity index (χ3v) is 7.98. The maximum atomic E-state index is 14.0. The van der Waals surface area contributed by atoms with Gasteiger partial charge in [0, 0.05) is 18.7 Å². The molecule has 0 radical (unpaired) electrons. The quantitative estimate of drug-likeness (QED) is 0.128. The second kappa shape index (κ2) is 11.0. The minimum Gasteiger partial charge on any atom is -0.633 e. The molecule has 2 heterocycles. The van der Waals surface area contributed by atoms with E-state index in [2.05, 4.69) is 0 Å². The predicted octanol–water partition coefficient (Wildman–Crippen LogP) is 5.93. The second-order valence-corrected chi connectivity index (χ2v) is 11.6. The highest BCUT2D eigenvalue weighted by atomic mass is 19.4. The van der Waals surface area contributed by atoms with Crippen molar-refractivity contribution in [2.75, 3.05) is 50.1 Å². The number of rotatable bonds is 5. The Hall–Kier alpha value is -3.84. The van der Waals surface area contributed by atoms with Gasteiger partial charge in [0.25, 0.3) is 0 Å². The van der Waals surface area contributed by atoms with Crippen molar-refractivity contribution in [2.45, 2.75) is 38.5 Å². The molecule has 0 bridgehead atoms. The van der Waals surface area contributed by atoms with Crippen LogP contribution in [0.2, 0.25) is 0 Å². The number of benzene rings is 2. The standard InChI is InChI=1S/C30H33F6N4O3/c1-19-8-6-7-9-23(19)24-17-26(38-10-12-40(5,43)13-11-38)39(42)18-25(24)37(4)27(41)28(2,3)20-14-21(29(31,32)33)16-22(15-20)30(34,35)36/h6-9,14-18,42H,10-13H2,1-5H3/q+1. The normalized spacial score (nSPS) is 15.9. The SMILES string of the molecule is Cc1ccccc1-c1cc(N2CC[N+](C)([O-])CC2)[n+](O)cc1N(C)C(=O)C(C)(C)c1cc(C(F)(F)F)cc(C(F)(F)F)c1. The molecule has 0 saturated carbocycles. The Bertz CT molecular complexity index is 1490. The first-order chi connectivity index (χ1) is 19.7. The monoisotopic (exact) mass is 611 g/mol. The van der Waals surface area contributed by atoms with E-state index in [1.165, 1.54) is 27.1 Å². The number of alkyl halides is 6. The number of hydrogen-bond donors (Lipinski definition) is 1. The summed E-state index contributed by atoms with van der Waals surface area (Å²) in [6, 6.07) is 10.0. The van der Waals surface area contributed by atoms with Gasteiger partial charge < -0.3 is 20.0 Å². The molecule has 0 aliphatic carbocycles. The van der Waals surface area contributed by atoms with Crippen LogP contribution in [0.4, 0.5) is 37.8 Å². The van der Waals surface area contributed by atoms with E-state index in [1.807, 2.05) is 24.0 Å². The van der Waals surface area contributed by atoms with Crippen molar-refractivity contribution >= 4 is 17.4 Å². The van der Waals surface area contributed by atoms with E-state index >= 15 is 0 Å². The number of halogens is 6. The van der Waals surface area contributed by atoms with Gasteiger partial charge in [-0.3, -0.25) is 4.79 Å². The van der Waals surface area contributed by atoms with Crippen LogP contribution in [0, 0.1) is 12.1 Å². The maximum Gasteiger partial charge on any atom is 0.416 e. The number of carbonyl (C=O) groups excluding carboxylic acids is 1. The number of hydroxylamine groups is 3. The van der Waals surface area contributed by atoms with Crippen LogP contribution in [0.25, 0.3) is 11.1 Å². The van der Waals surface area contributed by atoms with Crippen molar-refractivity contribution in [1.82, 2.24) is 0 Å². The molecule has 4 rings (SSSR count). The fourth-order valence-electron chi connectivity index (χ4n) is 5.20. The Morgan fingerprint density at radius 3 is 1.95 bits per heavy atom. The highest BCUT2D eigenvalue weighted by Gasteiger charge is 2.42. The number of aromatic nitrogens is 1. The third-order valence-electron chi connectivity index (χ3n) is 7.98. The molecule has 1 aliphatic rings. The van der Waals surface area contributed by atoms with Crippen molar-refractivity contribution in [2.24, 2.45) is 0 Å². The summed E-state index contributed by atoms with van der Waals surface area (Å²) in [5.41, 5.74) is -3.18. The molecular formula is C30H33F6N4O3+. The predicted molar refractivity (Wildman–Crippen MR) is 148 cm³/mol. The van der Waals surface area contributed by atoms with Gasteiger partial charge in [0.15, 0.2) is 6.20 Å².